The number of carbonyl (C=O) groups is 1. The van der Waals surface area contributed by atoms with Gasteiger partial charge in [0.2, 0.25) is 0 Å². The Bertz CT molecular complexity index is 155. The van der Waals surface area contributed by atoms with E-state index >= 15 is 0 Å². The second-order valence-corrected chi connectivity index (χ2v) is 2.37. The predicted molar refractivity (Wildman–Crippen MR) is 42.9 cm³/mol. The van der Waals surface area contributed by atoms with Crippen molar-refractivity contribution in [3.05, 3.63) is 0 Å². The van der Waals surface area contributed by atoms with Gasteiger partial charge >= 0.3 is 0 Å². The van der Waals surface area contributed by atoms with E-state index in [0.29, 0.717) is 12.7 Å². The first-order valence-corrected chi connectivity index (χ1v) is 3.90. The normalized spacial score (nSPS) is 11.5. The Kier molecular flexibility index (Phi) is 6.71. The number of unbranched alkanes of at least 4 members (excludes halogenated alkanes) is 2. The van der Waals surface area contributed by atoms with Crippen LogP contribution in [0.2, 0.25) is 0 Å². The van der Waals surface area contributed by atoms with Crippen molar-refractivity contribution in [2.75, 3.05) is 0 Å². The third-order valence-electron chi connectivity index (χ3n) is 1.36. The van der Waals surface area contributed by atoms with Gasteiger partial charge in [-0.2, -0.15) is 0 Å². The molecule has 62 valence electrons. The van der Waals surface area contributed by atoms with Gasteiger partial charge in [-0.15, -0.1) is 0 Å². The summed E-state index contributed by atoms with van der Waals surface area (Å²) in [5, 5.41) is 0. The van der Waals surface area contributed by atoms with Gasteiger partial charge in [-0.05, 0) is 18.8 Å². The van der Waals surface area contributed by atoms with Gasteiger partial charge in [0.1, 0.15) is 0 Å². The van der Waals surface area contributed by atoms with E-state index in [2.05, 4.69) is 18.8 Å². The molecule has 0 amide bonds. The fraction of sp³-hybridized carbons (Fsp3) is 0.667. The van der Waals surface area contributed by atoms with Gasteiger partial charge in [0, 0.05) is 0 Å². The summed E-state index contributed by atoms with van der Waals surface area (Å²) in [4.78, 5) is 9.70. The molecule has 0 aromatic rings. The molecule has 0 aromatic heterocycles. The number of carbonyl (C=O) groups excluding carboxylic acids is 1. The highest BCUT2D eigenvalue weighted by atomic mass is 19.1. The third-order valence-corrected chi connectivity index (χ3v) is 1.36. The van der Waals surface area contributed by atoms with E-state index in [1.807, 2.05) is 0 Å². The van der Waals surface area contributed by atoms with Crippen LogP contribution in [0.5, 0.6) is 0 Å². The lowest BCUT2D eigenvalue weighted by Crippen LogP contribution is -1.95. The summed E-state index contributed by atoms with van der Waals surface area (Å²) < 4.78 is 12.6. The summed E-state index contributed by atoms with van der Waals surface area (Å²) in [6, 6.07) is 0. The standard InChI is InChI=1S/C9H13FO/c1-2-3-4-6-9(10)7-5-8-11/h8-9H,2-4,6H2,1H3/t9-/m1/s1. The molecule has 0 aliphatic heterocycles. The Balaban J connectivity index is 3.36. The average Bonchev–Trinajstić information content (AvgIpc) is 2.01. The predicted octanol–water partition coefficient (Wildman–Crippen LogP) is 2.11. The lowest BCUT2D eigenvalue weighted by molar-refractivity contribution is -0.103. The summed E-state index contributed by atoms with van der Waals surface area (Å²) in [5.74, 6) is 4.28. The Morgan fingerprint density at radius 3 is 2.82 bits per heavy atom. The summed E-state index contributed by atoms with van der Waals surface area (Å²) in [5.41, 5.74) is 0. The fourth-order valence-electron chi connectivity index (χ4n) is 0.770. The van der Waals surface area contributed by atoms with Crippen LogP contribution in [-0.2, 0) is 4.79 Å². The van der Waals surface area contributed by atoms with Gasteiger partial charge in [0.05, 0.1) is 0 Å². The zero-order chi connectivity index (χ0) is 8.53. The Morgan fingerprint density at radius 1 is 1.55 bits per heavy atom. The number of hydrogen-bond acceptors (Lipinski definition) is 1. The zero-order valence-electron chi connectivity index (χ0n) is 6.77. The molecule has 0 spiro atoms. The summed E-state index contributed by atoms with van der Waals surface area (Å²) in [7, 11) is 0. The van der Waals surface area contributed by atoms with Gasteiger partial charge < -0.3 is 0 Å². The van der Waals surface area contributed by atoms with Crippen LogP contribution < -0.4 is 0 Å². The number of alkyl halides is 1. The quantitative estimate of drug-likeness (QED) is 0.346. The van der Waals surface area contributed by atoms with Crippen LogP contribution in [0.3, 0.4) is 0 Å². The van der Waals surface area contributed by atoms with E-state index in [0.717, 1.165) is 19.3 Å². The molecule has 2 heteroatoms. The summed E-state index contributed by atoms with van der Waals surface area (Å²) >= 11 is 0. The Labute approximate surface area is 67.0 Å². The molecule has 0 heterocycles. The molecular formula is C9H13FO. The largest absolute Gasteiger partial charge is 0.289 e. The summed E-state index contributed by atoms with van der Waals surface area (Å²) in [6.45, 7) is 2.06. The molecular weight excluding hydrogens is 143 g/mol. The maximum Gasteiger partial charge on any atom is 0.192 e. The Hall–Kier alpha value is -0.840. The fourth-order valence-corrected chi connectivity index (χ4v) is 0.770. The van der Waals surface area contributed by atoms with Crippen molar-refractivity contribution in [1.82, 2.24) is 0 Å². The number of hydrogen-bond donors (Lipinski definition) is 0. The molecule has 0 aliphatic carbocycles. The van der Waals surface area contributed by atoms with Gasteiger partial charge in [0.25, 0.3) is 0 Å². The first-order valence-electron chi connectivity index (χ1n) is 3.90. The van der Waals surface area contributed by atoms with Crippen LogP contribution in [0, 0.1) is 11.8 Å². The van der Waals surface area contributed by atoms with Crippen molar-refractivity contribution < 1.29 is 9.18 Å². The minimum absolute atomic E-state index is 0.423. The second kappa shape index (κ2) is 7.27. The van der Waals surface area contributed by atoms with E-state index in [9.17, 15) is 9.18 Å². The van der Waals surface area contributed by atoms with Crippen LogP contribution in [-0.4, -0.2) is 12.5 Å². The van der Waals surface area contributed by atoms with E-state index in [4.69, 9.17) is 0 Å². The molecule has 11 heavy (non-hydrogen) atoms. The molecule has 0 bridgehead atoms. The highest BCUT2D eigenvalue weighted by Gasteiger charge is 1.99. The molecule has 0 N–H and O–H groups in total. The topological polar surface area (TPSA) is 17.1 Å². The van der Waals surface area contributed by atoms with Crippen molar-refractivity contribution in [1.29, 1.82) is 0 Å². The van der Waals surface area contributed by atoms with Crippen molar-refractivity contribution in [2.45, 2.75) is 38.8 Å². The molecule has 0 saturated heterocycles. The highest BCUT2D eigenvalue weighted by Crippen LogP contribution is 2.04. The first-order chi connectivity index (χ1) is 5.31. The second-order valence-electron chi connectivity index (χ2n) is 2.37. The lowest BCUT2D eigenvalue weighted by Gasteiger charge is -1.97. The molecule has 0 fully saturated rings. The Morgan fingerprint density at radius 2 is 2.27 bits per heavy atom. The van der Waals surface area contributed by atoms with Crippen molar-refractivity contribution in [3.8, 4) is 11.8 Å². The van der Waals surface area contributed by atoms with Crippen LogP contribution >= 0.6 is 0 Å². The van der Waals surface area contributed by atoms with Gasteiger partial charge in [-0.25, -0.2) is 4.39 Å². The molecule has 0 radical (unpaired) electrons. The molecule has 0 aromatic carbocycles. The van der Waals surface area contributed by atoms with Crippen molar-refractivity contribution in [3.63, 3.8) is 0 Å². The van der Waals surface area contributed by atoms with Gasteiger partial charge in [-0.1, -0.05) is 25.7 Å². The van der Waals surface area contributed by atoms with Crippen molar-refractivity contribution in [2.24, 2.45) is 0 Å². The third kappa shape index (κ3) is 7.05. The maximum atomic E-state index is 12.6. The van der Waals surface area contributed by atoms with Crippen LogP contribution in [0.1, 0.15) is 32.6 Å². The number of halogens is 1. The maximum absolute atomic E-state index is 12.6. The zero-order valence-corrected chi connectivity index (χ0v) is 6.77. The SMILES string of the molecule is CCCCC[C@@H](F)C#CC=O. The molecule has 1 atom stereocenters. The van der Waals surface area contributed by atoms with E-state index in [1.165, 1.54) is 0 Å². The van der Waals surface area contributed by atoms with Crippen LogP contribution in [0.25, 0.3) is 0 Å². The minimum atomic E-state index is -1.12. The van der Waals surface area contributed by atoms with E-state index < -0.39 is 6.17 Å². The monoisotopic (exact) mass is 156 g/mol. The van der Waals surface area contributed by atoms with E-state index in [1.54, 1.807) is 0 Å². The van der Waals surface area contributed by atoms with Crippen molar-refractivity contribution >= 4 is 6.29 Å². The highest BCUT2D eigenvalue weighted by molar-refractivity contribution is 5.72. The smallest absolute Gasteiger partial charge is 0.192 e. The molecule has 0 saturated carbocycles. The van der Waals surface area contributed by atoms with E-state index in [-0.39, 0.29) is 0 Å². The number of rotatable bonds is 4. The van der Waals surface area contributed by atoms with Crippen LogP contribution in [0.15, 0.2) is 0 Å². The van der Waals surface area contributed by atoms with Gasteiger partial charge in [0.15, 0.2) is 12.5 Å². The first kappa shape index (κ1) is 10.2. The molecule has 0 unspecified atom stereocenters. The minimum Gasteiger partial charge on any atom is -0.289 e. The molecule has 1 nitrogen and oxygen atoms in total. The van der Waals surface area contributed by atoms with Crippen LogP contribution in [0.4, 0.5) is 4.39 Å². The summed E-state index contributed by atoms with van der Waals surface area (Å²) in [6.07, 6.45) is 2.72. The average molecular weight is 156 g/mol. The molecule has 0 aliphatic rings. The number of aldehydes is 1. The molecule has 0 rings (SSSR count). The van der Waals surface area contributed by atoms with Gasteiger partial charge in [-0.3, -0.25) is 4.79 Å². The lowest BCUT2D eigenvalue weighted by atomic mass is 10.1.